The number of rotatable bonds is 5. The van der Waals surface area contributed by atoms with Gasteiger partial charge >= 0.3 is 0 Å². The van der Waals surface area contributed by atoms with Gasteiger partial charge in [0, 0.05) is 30.7 Å². The first-order chi connectivity index (χ1) is 12.5. The van der Waals surface area contributed by atoms with E-state index >= 15 is 0 Å². The van der Waals surface area contributed by atoms with Crippen molar-refractivity contribution in [3.8, 4) is 0 Å². The molecule has 0 spiro atoms. The second-order valence-corrected chi connectivity index (χ2v) is 6.67. The molecule has 1 aromatic heterocycles. The molecule has 2 heterocycles. The Morgan fingerprint density at radius 1 is 1.46 bits per heavy atom. The van der Waals surface area contributed by atoms with Gasteiger partial charge in [0.25, 0.3) is 11.6 Å². The molecule has 138 valence electrons. The van der Waals surface area contributed by atoms with Gasteiger partial charge in [0.15, 0.2) is 5.69 Å². The highest BCUT2D eigenvalue weighted by molar-refractivity contribution is 6.31. The summed E-state index contributed by atoms with van der Waals surface area (Å²) in [7, 11) is 1.60. The van der Waals surface area contributed by atoms with E-state index < -0.39 is 4.92 Å². The maximum Gasteiger partial charge on any atom is 0.276 e. The molecule has 0 unspecified atom stereocenters. The minimum Gasteiger partial charge on any atom is -0.336 e. The van der Waals surface area contributed by atoms with E-state index in [1.165, 1.54) is 23.1 Å². The largest absolute Gasteiger partial charge is 0.336 e. The number of carbonyl (C=O) groups is 1. The maximum atomic E-state index is 12.6. The molecule has 10 heteroatoms. The van der Waals surface area contributed by atoms with E-state index in [-0.39, 0.29) is 29.9 Å². The highest BCUT2D eigenvalue weighted by atomic mass is 35.5. The summed E-state index contributed by atoms with van der Waals surface area (Å²) < 4.78 is 1.74. The van der Waals surface area contributed by atoms with Gasteiger partial charge in [-0.05, 0) is 37.6 Å². The van der Waals surface area contributed by atoms with Crippen molar-refractivity contribution in [2.24, 2.45) is 0 Å². The van der Waals surface area contributed by atoms with Crippen molar-refractivity contribution in [1.82, 2.24) is 25.2 Å². The van der Waals surface area contributed by atoms with Gasteiger partial charge in [0.2, 0.25) is 0 Å². The predicted molar refractivity (Wildman–Crippen MR) is 95.1 cm³/mol. The van der Waals surface area contributed by atoms with E-state index in [9.17, 15) is 14.9 Å². The number of nitrogens with one attached hydrogen (secondary N) is 1. The zero-order valence-electron chi connectivity index (χ0n) is 14.3. The Bertz CT molecular complexity index is 818. The van der Waals surface area contributed by atoms with Gasteiger partial charge in [-0.25, -0.2) is 4.68 Å². The average Bonchev–Trinajstić information content (AvgIpc) is 3.13. The summed E-state index contributed by atoms with van der Waals surface area (Å²) in [5, 5.41) is 22.6. The predicted octanol–water partition coefficient (Wildman–Crippen LogP) is 2.04. The highest BCUT2D eigenvalue weighted by Gasteiger charge is 2.21. The molecular weight excluding hydrogens is 360 g/mol. The van der Waals surface area contributed by atoms with Crippen molar-refractivity contribution in [1.29, 1.82) is 0 Å². The number of aromatic nitrogens is 3. The molecule has 2 aromatic rings. The molecule has 0 aliphatic carbocycles. The van der Waals surface area contributed by atoms with E-state index in [2.05, 4.69) is 15.6 Å². The topological polar surface area (TPSA) is 106 Å². The Balaban J connectivity index is 1.71. The molecule has 0 radical (unpaired) electrons. The van der Waals surface area contributed by atoms with Crippen molar-refractivity contribution in [2.75, 3.05) is 20.1 Å². The molecule has 1 aliphatic heterocycles. The maximum absolute atomic E-state index is 12.6. The van der Waals surface area contributed by atoms with Crippen LogP contribution >= 0.6 is 11.6 Å². The minimum atomic E-state index is -0.494. The summed E-state index contributed by atoms with van der Waals surface area (Å²) in [6.45, 7) is 1.97. The molecule has 26 heavy (non-hydrogen) atoms. The number of benzene rings is 1. The first-order valence-electron chi connectivity index (χ1n) is 8.26. The van der Waals surface area contributed by atoms with Crippen LogP contribution < -0.4 is 5.32 Å². The monoisotopic (exact) mass is 378 g/mol. The zero-order valence-corrected chi connectivity index (χ0v) is 15.0. The van der Waals surface area contributed by atoms with Gasteiger partial charge in [-0.1, -0.05) is 16.8 Å². The molecule has 0 atom stereocenters. The number of carbonyl (C=O) groups excluding carboxylic acids is 1. The summed E-state index contributed by atoms with van der Waals surface area (Å²) >= 11 is 6.10. The van der Waals surface area contributed by atoms with Gasteiger partial charge in [-0.2, -0.15) is 0 Å². The molecule has 9 nitrogen and oxygen atoms in total. The summed E-state index contributed by atoms with van der Waals surface area (Å²) in [5.41, 5.74) is 0.678. The van der Waals surface area contributed by atoms with Crippen LogP contribution in [-0.2, 0) is 6.54 Å². The molecule has 0 saturated carbocycles. The Hall–Kier alpha value is -2.52. The first-order valence-corrected chi connectivity index (χ1v) is 8.64. The molecule has 1 aromatic carbocycles. The van der Waals surface area contributed by atoms with Crippen LogP contribution in [0.5, 0.6) is 0 Å². The van der Waals surface area contributed by atoms with E-state index in [0.29, 0.717) is 10.6 Å². The Labute approximate surface area is 155 Å². The Morgan fingerprint density at radius 3 is 2.88 bits per heavy atom. The smallest absolute Gasteiger partial charge is 0.276 e. The molecule has 1 fully saturated rings. The van der Waals surface area contributed by atoms with Crippen LogP contribution in [-0.4, -0.2) is 50.9 Å². The third kappa shape index (κ3) is 4.00. The van der Waals surface area contributed by atoms with Crippen molar-refractivity contribution < 1.29 is 9.72 Å². The van der Waals surface area contributed by atoms with E-state index in [1.54, 1.807) is 17.9 Å². The fraction of sp³-hybridized carbons (Fsp3) is 0.438. The Kier molecular flexibility index (Phi) is 5.48. The number of nitrogens with zero attached hydrogens (tertiary/aromatic N) is 5. The highest BCUT2D eigenvalue weighted by Crippen LogP contribution is 2.24. The third-order valence-corrected chi connectivity index (χ3v) is 4.78. The van der Waals surface area contributed by atoms with Gasteiger partial charge in [-0.3, -0.25) is 14.9 Å². The number of amides is 1. The molecule has 1 saturated heterocycles. The lowest BCUT2D eigenvalue weighted by atomic mass is 10.1. The van der Waals surface area contributed by atoms with Crippen LogP contribution in [0, 0.1) is 10.1 Å². The number of halogens is 1. The van der Waals surface area contributed by atoms with Crippen molar-refractivity contribution >= 4 is 23.2 Å². The van der Waals surface area contributed by atoms with E-state index in [0.717, 1.165) is 25.9 Å². The van der Waals surface area contributed by atoms with Crippen molar-refractivity contribution in [3.63, 3.8) is 0 Å². The summed E-state index contributed by atoms with van der Waals surface area (Å²) in [4.78, 5) is 24.4. The molecule has 1 aliphatic rings. The molecule has 3 rings (SSSR count). The number of nitro benzene ring substituents is 1. The summed E-state index contributed by atoms with van der Waals surface area (Å²) in [5.74, 6) is -0.312. The zero-order chi connectivity index (χ0) is 18.7. The quantitative estimate of drug-likeness (QED) is 0.630. The summed E-state index contributed by atoms with van der Waals surface area (Å²) in [6.07, 6.45) is 3.54. The first kappa shape index (κ1) is 18.3. The number of hydrogen-bond acceptors (Lipinski definition) is 6. The number of non-ortho nitro benzene ring substituents is 1. The molecule has 1 amide bonds. The number of piperidine rings is 1. The van der Waals surface area contributed by atoms with Gasteiger partial charge < -0.3 is 10.2 Å². The van der Waals surface area contributed by atoms with E-state index in [1.807, 2.05) is 0 Å². The molecular formula is C16H19ClN6O3. The molecule has 1 N–H and O–H groups in total. The third-order valence-electron chi connectivity index (χ3n) is 4.41. The average molecular weight is 379 g/mol. The van der Waals surface area contributed by atoms with Crippen LogP contribution in [0.2, 0.25) is 5.02 Å². The number of nitro groups is 1. The lowest BCUT2D eigenvalue weighted by Crippen LogP contribution is -2.29. The van der Waals surface area contributed by atoms with Crippen LogP contribution in [0.1, 0.15) is 34.9 Å². The lowest BCUT2D eigenvalue weighted by Gasteiger charge is -2.22. The van der Waals surface area contributed by atoms with Crippen LogP contribution in [0.15, 0.2) is 24.4 Å². The second-order valence-electron chi connectivity index (χ2n) is 6.26. The van der Waals surface area contributed by atoms with Crippen LogP contribution in [0.25, 0.3) is 0 Å². The fourth-order valence-corrected chi connectivity index (χ4v) is 3.12. The number of hydrogen-bond donors (Lipinski definition) is 1. The molecule has 0 bridgehead atoms. The van der Waals surface area contributed by atoms with Crippen LogP contribution in [0.3, 0.4) is 0 Å². The SMILES string of the molecule is CN(Cc1cc([N+](=O)[O-])ccc1Cl)C(=O)c1cn(C2CCNCC2)nn1. The second kappa shape index (κ2) is 7.79. The van der Waals surface area contributed by atoms with Gasteiger partial charge in [0.05, 0.1) is 17.2 Å². The van der Waals surface area contributed by atoms with Crippen LogP contribution in [0.4, 0.5) is 5.69 Å². The Morgan fingerprint density at radius 2 is 2.19 bits per heavy atom. The summed E-state index contributed by atoms with van der Waals surface area (Å²) in [6, 6.07) is 4.40. The van der Waals surface area contributed by atoms with E-state index in [4.69, 9.17) is 11.6 Å². The standard InChI is InChI=1S/C16H19ClN6O3/c1-21(9-11-8-13(23(25)26)2-3-14(11)17)16(24)15-10-22(20-19-15)12-4-6-18-7-5-12/h2-3,8,10,12,18H,4-7,9H2,1H3. The van der Waals surface area contributed by atoms with Gasteiger partial charge in [-0.15, -0.1) is 5.10 Å². The van der Waals surface area contributed by atoms with Crippen molar-refractivity contribution in [2.45, 2.75) is 25.4 Å². The van der Waals surface area contributed by atoms with Crippen molar-refractivity contribution in [3.05, 3.63) is 50.8 Å². The minimum absolute atomic E-state index is 0.0675. The normalized spacial score (nSPS) is 15.0. The lowest BCUT2D eigenvalue weighted by molar-refractivity contribution is -0.384. The van der Waals surface area contributed by atoms with Gasteiger partial charge in [0.1, 0.15) is 0 Å². The fourth-order valence-electron chi connectivity index (χ4n) is 2.94.